The maximum absolute atomic E-state index is 13.4. The van der Waals surface area contributed by atoms with Crippen molar-refractivity contribution in [2.24, 2.45) is 11.8 Å². The fourth-order valence-electron chi connectivity index (χ4n) is 3.91. The van der Waals surface area contributed by atoms with E-state index in [1.165, 1.54) is 0 Å². The Balaban J connectivity index is 1.85. The second-order valence-electron chi connectivity index (χ2n) is 10.1. The van der Waals surface area contributed by atoms with Gasteiger partial charge in [0.15, 0.2) is 28.8 Å². The summed E-state index contributed by atoms with van der Waals surface area (Å²) < 4.78 is 22.8. The summed E-state index contributed by atoms with van der Waals surface area (Å²) in [5.41, 5.74) is 3.26. The summed E-state index contributed by atoms with van der Waals surface area (Å²) in [6.07, 6.45) is 3.87. The van der Waals surface area contributed by atoms with E-state index in [1.54, 1.807) is 14.2 Å². The van der Waals surface area contributed by atoms with Crippen LogP contribution in [-0.2, 0) is 4.79 Å². The molecule has 1 saturated heterocycles. The molecular formula is C30H39NO5. The summed E-state index contributed by atoms with van der Waals surface area (Å²) in [7, 11) is 5.27. The van der Waals surface area contributed by atoms with Crippen molar-refractivity contribution in [3.8, 4) is 23.0 Å². The van der Waals surface area contributed by atoms with Gasteiger partial charge in [0.1, 0.15) is 0 Å². The zero-order valence-corrected chi connectivity index (χ0v) is 22.6. The Morgan fingerprint density at radius 2 is 1.17 bits per heavy atom. The van der Waals surface area contributed by atoms with E-state index < -0.39 is 0 Å². The minimum Gasteiger partial charge on any atom is -0.493 e. The highest BCUT2D eigenvalue weighted by atomic mass is 16.5. The fourth-order valence-corrected chi connectivity index (χ4v) is 3.91. The maximum atomic E-state index is 13.4. The van der Waals surface area contributed by atoms with Crippen molar-refractivity contribution in [2.75, 3.05) is 47.6 Å². The zero-order chi connectivity index (χ0) is 26.2. The van der Waals surface area contributed by atoms with Crippen LogP contribution in [0.1, 0.15) is 38.8 Å². The molecule has 0 amide bonds. The number of nitrogens with zero attached hydrogens (tertiary/aromatic N) is 1. The molecule has 0 atom stereocenters. The molecule has 1 aliphatic rings. The highest BCUT2D eigenvalue weighted by Crippen LogP contribution is 2.32. The quantitative estimate of drug-likeness (QED) is 0.393. The third-order valence-electron chi connectivity index (χ3n) is 5.67. The Bertz CT molecular complexity index is 1030. The van der Waals surface area contributed by atoms with Gasteiger partial charge in [-0.1, -0.05) is 39.8 Å². The van der Waals surface area contributed by atoms with Gasteiger partial charge in [-0.15, -0.1) is 0 Å². The monoisotopic (exact) mass is 493 g/mol. The summed E-state index contributed by atoms with van der Waals surface area (Å²) in [5.74, 6) is 3.60. The van der Waals surface area contributed by atoms with Gasteiger partial charge in [-0.25, -0.2) is 0 Å². The number of carbonyl (C=O) groups is 1. The Morgan fingerprint density at radius 3 is 1.53 bits per heavy atom. The molecule has 3 rings (SSSR count). The SMILES string of the molecule is COc1cc(C=C2CN(C)CC(=Cc3ccc(OCC(C)C)c(OC)c3)C2=O)ccc1OCC(C)C. The van der Waals surface area contributed by atoms with Gasteiger partial charge in [-0.3, -0.25) is 9.69 Å². The van der Waals surface area contributed by atoms with E-state index in [9.17, 15) is 4.79 Å². The highest BCUT2D eigenvalue weighted by Gasteiger charge is 2.24. The Labute approximate surface area is 215 Å². The topological polar surface area (TPSA) is 57.2 Å². The molecule has 2 aromatic rings. The molecule has 0 saturated carbocycles. The first kappa shape index (κ1) is 27.3. The minimum atomic E-state index is 0.0475. The van der Waals surface area contributed by atoms with Crippen molar-refractivity contribution in [3.63, 3.8) is 0 Å². The number of methoxy groups -OCH3 is 2. The first-order valence-electron chi connectivity index (χ1n) is 12.5. The predicted octanol–water partition coefficient (Wildman–Crippen LogP) is 5.75. The summed E-state index contributed by atoms with van der Waals surface area (Å²) >= 11 is 0. The number of piperidine rings is 1. The number of hydrogen-bond acceptors (Lipinski definition) is 6. The Morgan fingerprint density at radius 1 is 0.750 bits per heavy atom. The number of carbonyl (C=O) groups excluding carboxylic acids is 1. The van der Waals surface area contributed by atoms with Gasteiger partial charge < -0.3 is 18.9 Å². The zero-order valence-electron chi connectivity index (χ0n) is 22.6. The standard InChI is InChI=1S/C30H39NO5/c1-20(2)18-35-26-10-8-22(14-28(26)33-6)12-24-16-31(5)17-25(30(24)32)13-23-9-11-27(29(15-23)34-7)36-19-21(3)4/h8-15,20-21H,16-19H2,1-7H3. The van der Waals surface area contributed by atoms with Crippen LogP contribution in [0.4, 0.5) is 0 Å². The van der Waals surface area contributed by atoms with Crippen LogP contribution in [0.3, 0.4) is 0 Å². The average molecular weight is 494 g/mol. The molecule has 1 heterocycles. The molecule has 36 heavy (non-hydrogen) atoms. The van der Waals surface area contributed by atoms with E-state index in [0.717, 1.165) is 22.3 Å². The van der Waals surface area contributed by atoms with Crippen LogP contribution in [0.25, 0.3) is 12.2 Å². The lowest BCUT2D eigenvalue weighted by Gasteiger charge is -2.26. The smallest absolute Gasteiger partial charge is 0.187 e. The summed E-state index contributed by atoms with van der Waals surface area (Å²) in [5, 5.41) is 0. The van der Waals surface area contributed by atoms with Crippen molar-refractivity contribution >= 4 is 17.9 Å². The first-order valence-corrected chi connectivity index (χ1v) is 12.5. The highest BCUT2D eigenvalue weighted by molar-refractivity contribution is 6.14. The molecule has 194 valence electrons. The molecule has 0 aromatic heterocycles. The molecule has 1 fully saturated rings. The van der Waals surface area contributed by atoms with E-state index in [0.29, 0.717) is 61.1 Å². The fraction of sp³-hybridized carbons (Fsp3) is 0.433. The van der Waals surface area contributed by atoms with Crippen LogP contribution in [0.2, 0.25) is 0 Å². The number of hydrogen-bond donors (Lipinski definition) is 0. The van der Waals surface area contributed by atoms with E-state index in [2.05, 4.69) is 32.6 Å². The Hall–Kier alpha value is -3.25. The van der Waals surface area contributed by atoms with Crippen molar-refractivity contribution in [3.05, 3.63) is 58.7 Å². The van der Waals surface area contributed by atoms with Gasteiger partial charge in [-0.05, 0) is 66.4 Å². The first-order chi connectivity index (χ1) is 17.2. The van der Waals surface area contributed by atoms with E-state index in [4.69, 9.17) is 18.9 Å². The molecule has 0 N–H and O–H groups in total. The van der Waals surface area contributed by atoms with Gasteiger partial charge in [0.2, 0.25) is 0 Å². The van der Waals surface area contributed by atoms with Crippen molar-refractivity contribution in [2.45, 2.75) is 27.7 Å². The number of rotatable bonds is 10. The molecule has 0 aliphatic carbocycles. The lowest BCUT2D eigenvalue weighted by atomic mass is 9.94. The third kappa shape index (κ3) is 7.37. The lowest BCUT2D eigenvalue weighted by molar-refractivity contribution is -0.113. The number of ketones is 1. The number of likely N-dealkylation sites (N-methyl/N-ethyl adjacent to an activating group) is 1. The molecule has 0 spiro atoms. The van der Waals surface area contributed by atoms with Crippen molar-refractivity contribution < 1.29 is 23.7 Å². The molecular weight excluding hydrogens is 454 g/mol. The largest absolute Gasteiger partial charge is 0.493 e. The average Bonchev–Trinajstić information content (AvgIpc) is 2.84. The number of Topliss-reactive ketones (excluding diaryl/α,β-unsaturated/α-hetero) is 1. The summed E-state index contributed by atoms with van der Waals surface area (Å²) in [6.45, 7) is 10.8. The molecule has 1 aliphatic heterocycles. The second kappa shape index (κ2) is 12.6. The molecule has 2 aromatic carbocycles. The molecule has 0 bridgehead atoms. The van der Waals surface area contributed by atoms with Gasteiger partial charge >= 0.3 is 0 Å². The van der Waals surface area contributed by atoms with Crippen LogP contribution in [-0.4, -0.2) is 58.3 Å². The second-order valence-corrected chi connectivity index (χ2v) is 10.1. The minimum absolute atomic E-state index is 0.0475. The number of ether oxygens (including phenoxy) is 4. The summed E-state index contributed by atoms with van der Waals surface area (Å²) in [4.78, 5) is 15.5. The third-order valence-corrected chi connectivity index (χ3v) is 5.67. The van der Waals surface area contributed by atoms with Gasteiger partial charge in [0.05, 0.1) is 27.4 Å². The van der Waals surface area contributed by atoms with Crippen LogP contribution in [0.15, 0.2) is 47.5 Å². The molecule has 0 radical (unpaired) electrons. The number of benzene rings is 2. The van der Waals surface area contributed by atoms with Gasteiger partial charge in [0, 0.05) is 24.2 Å². The van der Waals surface area contributed by atoms with Crippen molar-refractivity contribution in [1.29, 1.82) is 0 Å². The normalized spacial score (nSPS) is 16.8. The Kier molecular flexibility index (Phi) is 9.59. The van der Waals surface area contributed by atoms with Gasteiger partial charge in [0.25, 0.3) is 0 Å². The van der Waals surface area contributed by atoms with Crippen LogP contribution in [0, 0.1) is 11.8 Å². The lowest BCUT2D eigenvalue weighted by Crippen LogP contribution is -2.34. The van der Waals surface area contributed by atoms with Gasteiger partial charge in [-0.2, -0.15) is 0 Å². The molecule has 6 nitrogen and oxygen atoms in total. The van der Waals surface area contributed by atoms with E-state index in [-0.39, 0.29) is 5.78 Å². The van der Waals surface area contributed by atoms with Crippen LogP contribution in [0.5, 0.6) is 23.0 Å². The predicted molar refractivity (Wildman–Crippen MR) is 145 cm³/mol. The number of likely N-dealkylation sites (tertiary alicyclic amines) is 1. The molecule has 0 unspecified atom stereocenters. The van der Waals surface area contributed by atoms with Crippen LogP contribution >= 0.6 is 0 Å². The van der Waals surface area contributed by atoms with E-state index in [1.807, 2.05) is 55.6 Å². The summed E-state index contributed by atoms with van der Waals surface area (Å²) in [6, 6.07) is 11.5. The van der Waals surface area contributed by atoms with E-state index >= 15 is 0 Å². The van der Waals surface area contributed by atoms with Crippen molar-refractivity contribution in [1.82, 2.24) is 4.90 Å². The molecule has 6 heteroatoms. The van der Waals surface area contributed by atoms with Crippen LogP contribution < -0.4 is 18.9 Å². The maximum Gasteiger partial charge on any atom is 0.187 e.